The highest BCUT2D eigenvalue weighted by Crippen LogP contribution is 2.35. The lowest BCUT2D eigenvalue weighted by Gasteiger charge is -2.47. The largest absolute Gasteiger partial charge is 0.314 e. The molecule has 2 atom stereocenters. The summed E-state index contributed by atoms with van der Waals surface area (Å²) in [5.41, 5.74) is 0. The van der Waals surface area contributed by atoms with Crippen LogP contribution in [-0.2, 0) is 0 Å². The van der Waals surface area contributed by atoms with Crippen molar-refractivity contribution in [2.45, 2.75) is 70.4 Å². The first-order valence-electron chi connectivity index (χ1n) is 8.34. The number of nitrogens with zero attached hydrogens (tertiary/aromatic N) is 1. The van der Waals surface area contributed by atoms with Gasteiger partial charge in [0.25, 0.3) is 0 Å². The second kappa shape index (κ2) is 5.92. The Morgan fingerprint density at radius 3 is 2.33 bits per heavy atom. The Morgan fingerprint density at radius 1 is 1.00 bits per heavy atom. The van der Waals surface area contributed by atoms with Gasteiger partial charge in [0.1, 0.15) is 0 Å². The average Bonchev–Trinajstić information content (AvgIpc) is 3.15. The zero-order chi connectivity index (χ0) is 12.4. The molecule has 1 heterocycles. The molecule has 2 nitrogen and oxygen atoms in total. The van der Waals surface area contributed by atoms with Crippen LogP contribution in [0, 0.1) is 11.8 Å². The molecule has 18 heavy (non-hydrogen) atoms. The van der Waals surface area contributed by atoms with Gasteiger partial charge in [-0.2, -0.15) is 0 Å². The Labute approximate surface area is 113 Å². The van der Waals surface area contributed by atoms with Gasteiger partial charge in [0.15, 0.2) is 0 Å². The molecule has 3 fully saturated rings. The molecule has 0 bridgehead atoms. The third-order valence-electron chi connectivity index (χ3n) is 5.44. The lowest BCUT2D eigenvalue weighted by Crippen LogP contribution is -2.53. The molecule has 1 N–H and O–H groups in total. The first-order chi connectivity index (χ1) is 8.86. The van der Waals surface area contributed by atoms with Crippen molar-refractivity contribution in [3.05, 3.63) is 0 Å². The topological polar surface area (TPSA) is 15.3 Å². The van der Waals surface area contributed by atoms with E-state index in [9.17, 15) is 0 Å². The maximum atomic E-state index is 3.73. The van der Waals surface area contributed by atoms with E-state index in [2.05, 4.69) is 17.1 Å². The van der Waals surface area contributed by atoms with Crippen LogP contribution in [-0.4, -0.2) is 36.6 Å². The van der Waals surface area contributed by atoms with E-state index in [0.29, 0.717) is 0 Å². The van der Waals surface area contributed by atoms with Crippen LogP contribution < -0.4 is 5.32 Å². The molecule has 0 spiro atoms. The summed E-state index contributed by atoms with van der Waals surface area (Å²) < 4.78 is 0. The number of piperidine rings is 1. The fraction of sp³-hybridized carbons (Fsp3) is 1.00. The molecule has 0 aromatic heterocycles. The fourth-order valence-electron chi connectivity index (χ4n) is 3.86. The maximum absolute atomic E-state index is 3.73. The lowest BCUT2D eigenvalue weighted by atomic mass is 9.77. The van der Waals surface area contributed by atoms with Gasteiger partial charge >= 0.3 is 0 Å². The van der Waals surface area contributed by atoms with E-state index in [-0.39, 0.29) is 0 Å². The molecule has 104 valence electrons. The van der Waals surface area contributed by atoms with Crippen LogP contribution in [0.3, 0.4) is 0 Å². The molecule has 3 aliphatic rings. The van der Waals surface area contributed by atoms with E-state index in [4.69, 9.17) is 0 Å². The van der Waals surface area contributed by atoms with E-state index in [1.165, 1.54) is 71.0 Å². The van der Waals surface area contributed by atoms with Crippen LogP contribution in [0.4, 0.5) is 0 Å². The Morgan fingerprint density at radius 2 is 1.78 bits per heavy atom. The summed E-state index contributed by atoms with van der Waals surface area (Å²) in [5, 5.41) is 3.73. The van der Waals surface area contributed by atoms with E-state index in [0.717, 1.165) is 23.9 Å². The van der Waals surface area contributed by atoms with Gasteiger partial charge < -0.3 is 10.2 Å². The van der Waals surface area contributed by atoms with Gasteiger partial charge in [-0.15, -0.1) is 0 Å². The van der Waals surface area contributed by atoms with Gasteiger partial charge in [0.2, 0.25) is 0 Å². The SMILES string of the molecule is CCCC1CCN(C2CCC2CNC2CC2)CC1. The van der Waals surface area contributed by atoms with Crippen LogP contribution >= 0.6 is 0 Å². The minimum absolute atomic E-state index is 0.890. The minimum Gasteiger partial charge on any atom is -0.314 e. The van der Waals surface area contributed by atoms with E-state index < -0.39 is 0 Å². The predicted molar refractivity (Wildman–Crippen MR) is 76.7 cm³/mol. The van der Waals surface area contributed by atoms with Crippen molar-refractivity contribution < 1.29 is 0 Å². The Balaban J connectivity index is 1.38. The first kappa shape index (κ1) is 12.9. The van der Waals surface area contributed by atoms with Crippen molar-refractivity contribution in [2.75, 3.05) is 19.6 Å². The highest BCUT2D eigenvalue weighted by atomic mass is 15.2. The highest BCUT2D eigenvalue weighted by Gasteiger charge is 2.37. The Hall–Kier alpha value is -0.0800. The fourth-order valence-corrected chi connectivity index (χ4v) is 3.86. The van der Waals surface area contributed by atoms with Crippen molar-refractivity contribution >= 4 is 0 Å². The van der Waals surface area contributed by atoms with E-state index >= 15 is 0 Å². The molecule has 1 saturated heterocycles. The number of hydrogen-bond acceptors (Lipinski definition) is 2. The molecule has 3 rings (SSSR count). The van der Waals surface area contributed by atoms with Crippen molar-refractivity contribution in [3.63, 3.8) is 0 Å². The predicted octanol–water partition coefficient (Wildman–Crippen LogP) is 3.03. The van der Waals surface area contributed by atoms with Gasteiger partial charge in [-0.1, -0.05) is 19.8 Å². The number of nitrogens with one attached hydrogen (secondary N) is 1. The molecule has 2 heteroatoms. The third-order valence-corrected chi connectivity index (χ3v) is 5.44. The molecule has 1 aliphatic heterocycles. The molecule has 0 radical (unpaired) electrons. The zero-order valence-electron chi connectivity index (χ0n) is 12.0. The molecule has 2 saturated carbocycles. The van der Waals surface area contributed by atoms with Gasteiger partial charge in [-0.05, 0) is 70.0 Å². The highest BCUT2D eigenvalue weighted by molar-refractivity contribution is 4.93. The lowest BCUT2D eigenvalue weighted by molar-refractivity contribution is 0.0331. The molecular formula is C16H30N2. The van der Waals surface area contributed by atoms with Crippen LogP contribution in [0.25, 0.3) is 0 Å². The molecule has 2 unspecified atom stereocenters. The van der Waals surface area contributed by atoms with Crippen molar-refractivity contribution in [1.82, 2.24) is 10.2 Å². The van der Waals surface area contributed by atoms with Crippen LogP contribution in [0.5, 0.6) is 0 Å². The molecule has 0 aromatic rings. The number of likely N-dealkylation sites (tertiary alicyclic amines) is 1. The average molecular weight is 250 g/mol. The molecule has 2 aliphatic carbocycles. The second-order valence-corrected chi connectivity index (χ2v) is 6.86. The van der Waals surface area contributed by atoms with Gasteiger partial charge in [0.05, 0.1) is 0 Å². The first-order valence-corrected chi connectivity index (χ1v) is 8.34. The monoisotopic (exact) mass is 250 g/mol. The third kappa shape index (κ3) is 3.08. The normalized spacial score (nSPS) is 34.5. The quantitative estimate of drug-likeness (QED) is 0.779. The maximum Gasteiger partial charge on any atom is 0.0136 e. The van der Waals surface area contributed by atoms with Crippen LogP contribution in [0.2, 0.25) is 0 Å². The number of hydrogen-bond donors (Lipinski definition) is 1. The van der Waals surface area contributed by atoms with Gasteiger partial charge in [-0.3, -0.25) is 0 Å². The van der Waals surface area contributed by atoms with Crippen molar-refractivity contribution in [1.29, 1.82) is 0 Å². The number of rotatable bonds is 6. The van der Waals surface area contributed by atoms with Crippen molar-refractivity contribution in [2.24, 2.45) is 11.8 Å². The summed E-state index contributed by atoms with van der Waals surface area (Å²) in [6, 6.07) is 1.82. The summed E-state index contributed by atoms with van der Waals surface area (Å²) in [5.74, 6) is 2.00. The minimum atomic E-state index is 0.890. The summed E-state index contributed by atoms with van der Waals surface area (Å²) in [4.78, 5) is 2.81. The summed E-state index contributed by atoms with van der Waals surface area (Å²) in [7, 11) is 0. The summed E-state index contributed by atoms with van der Waals surface area (Å²) in [6.07, 6.45) is 11.6. The van der Waals surface area contributed by atoms with Crippen LogP contribution in [0.1, 0.15) is 58.3 Å². The Bertz CT molecular complexity index is 254. The molecule has 0 aromatic carbocycles. The van der Waals surface area contributed by atoms with E-state index in [1.807, 2.05) is 0 Å². The summed E-state index contributed by atoms with van der Waals surface area (Å²) >= 11 is 0. The summed E-state index contributed by atoms with van der Waals surface area (Å²) in [6.45, 7) is 6.40. The molecule has 0 amide bonds. The van der Waals surface area contributed by atoms with Gasteiger partial charge in [-0.25, -0.2) is 0 Å². The van der Waals surface area contributed by atoms with Gasteiger partial charge in [0, 0.05) is 12.1 Å². The van der Waals surface area contributed by atoms with Crippen LogP contribution in [0.15, 0.2) is 0 Å². The molecular weight excluding hydrogens is 220 g/mol. The smallest absolute Gasteiger partial charge is 0.0136 e. The van der Waals surface area contributed by atoms with Crippen molar-refractivity contribution in [3.8, 4) is 0 Å². The Kier molecular flexibility index (Phi) is 4.25. The standard InChI is InChI=1S/C16H30N2/c1-2-3-13-8-10-18(11-9-13)16-7-4-14(16)12-17-15-5-6-15/h13-17H,2-12H2,1H3. The van der Waals surface area contributed by atoms with E-state index in [1.54, 1.807) is 0 Å². The zero-order valence-corrected chi connectivity index (χ0v) is 12.0. The second-order valence-electron chi connectivity index (χ2n) is 6.86.